The lowest BCUT2D eigenvalue weighted by molar-refractivity contribution is 0.122. The Labute approximate surface area is 157 Å². The summed E-state index contributed by atoms with van der Waals surface area (Å²) in [5.74, 6) is 2.58. The van der Waals surface area contributed by atoms with E-state index in [4.69, 9.17) is 4.74 Å². The van der Waals surface area contributed by atoms with Crippen molar-refractivity contribution in [2.75, 3.05) is 41.8 Å². The molecule has 0 spiro atoms. The summed E-state index contributed by atoms with van der Waals surface area (Å²) in [6.07, 6.45) is 3.41. The average Bonchev–Trinajstić information content (AvgIpc) is 2.70. The molecule has 4 rings (SSSR count). The average molecular weight is 363 g/mol. The molecular weight excluding hydrogens is 342 g/mol. The summed E-state index contributed by atoms with van der Waals surface area (Å²) in [4.78, 5) is 19.5. The van der Waals surface area contributed by atoms with Crippen LogP contribution in [0.15, 0.2) is 48.8 Å². The van der Waals surface area contributed by atoms with Crippen LogP contribution < -0.4 is 15.5 Å². The van der Waals surface area contributed by atoms with E-state index < -0.39 is 0 Å². The first-order chi connectivity index (χ1) is 13.3. The largest absolute Gasteiger partial charge is 0.378 e. The summed E-state index contributed by atoms with van der Waals surface area (Å²) in [7, 11) is 0. The van der Waals surface area contributed by atoms with Crippen LogP contribution in [0.4, 0.5) is 29.0 Å². The van der Waals surface area contributed by atoms with E-state index in [-0.39, 0.29) is 0 Å². The zero-order valence-corrected chi connectivity index (χ0v) is 15.1. The number of ether oxygens (including phenoxy) is 1. The molecule has 138 valence electrons. The molecule has 0 atom stereocenters. The van der Waals surface area contributed by atoms with E-state index in [9.17, 15) is 0 Å². The van der Waals surface area contributed by atoms with Crippen LogP contribution in [0.3, 0.4) is 0 Å². The normalized spacial score (nSPS) is 14.0. The van der Waals surface area contributed by atoms with Crippen LogP contribution in [0.25, 0.3) is 0 Å². The molecular formula is C19H21N7O. The number of benzene rings is 1. The van der Waals surface area contributed by atoms with Gasteiger partial charge in [-0.25, -0.2) is 15.0 Å². The monoisotopic (exact) mass is 363 g/mol. The highest BCUT2D eigenvalue weighted by Gasteiger charge is 2.11. The minimum absolute atomic E-state index is 0.518. The third-order valence-electron chi connectivity index (χ3n) is 4.19. The van der Waals surface area contributed by atoms with E-state index in [0.717, 1.165) is 32.0 Å². The van der Waals surface area contributed by atoms with Crippen molar-refractivity contribution in [2.45, 2.75) is 6.92 Å². The van der Waals surface area contributed by atoms with Gasteiger partial charge in [-0.1, -0.05) is 0 Å². The van der Waals surface area contributed by atoms with E-state index >= 15 is 0 Å². The molecule has 0 radical (unpaired) electrons. The van der Waals surface area contributed by atoms with Crippen molar-refractivity contribution in [3.05, 3.63) is 54.6 Å². The lowest BCUT2D eigenvalue weighted by Crippen LogP contribution is -2.36. The predicted molar refractivity (Wildman–Crippen MR) is 105 cm³/mol. The molecule has 1 fully saturated rings. The smallest absolute Gasteiger partial charge is 0.229 e. The maximum Gasteiger partial charge on any atom is 0.229 e. The van der Waals surface area contributed by atoms with Crippen LogP contribution in [-0.2, 0) is 4.74 Å². The minimum Gasteiger partial charge on any atom is -0.378 e. The van der Waals surface area contributed by atoms with Gasteiger partial charge in [-0.05, 0) is 43.3 Å². The number of morpholine rings is 1. The maximum atomic E-state index is 5.40. The second kappa shape index (κ2) is 7.96. The Morgan fingerprint density at radius 2 is 1.56 bits per heavy atom. The second-order valence-corrected chi connectivity index (χ2v) is 6.15. The number of hydrogen-bond donors (Lipinski definition) is 2. The third-order valence-corrected chi connectivity index (χ3v) is 4.19. The molecule has 3 aromatic rings. The molecule has 8 nitrogen and oxygen atoms in total. The zero-order chi connectivity index (χ0) is 18.5. The van der Waals surface area contributed by atoms with E-state index in [0.29, 0.717) is 23.4 Å². The number of anilines is 5. The summed E-state index contributed by atoms with van der Waals surface area (Å²) < 4.78 is 5.40. The molecule has 8 heteroatoms. The molecule has 1 saturated heterocycles. The molecule has 2 N–H and O–H groups in total. The fourth-order valence-electron chi connectivity index (χ4n) is 2.85. The molecule has 0 amide bonds. The van der Waals surface area contributed by atoms with E-state index in [1.807, 2.05) is 19.1 Å². The van der Waals surface area contributed by atoms with Gasteiger partial charge in [-0.15, -0.1) is 0 Å². The predicted octanol–water partition coefficient (Wildman–Crippen LogP) is 2.90. The molecule has 3 heterocycles. The van der Waals surface area contributed by atoms with Crippen LogP contribution in [-0.4, -0.2) is 46.2 Å². The van der Waals surface area contributed by atoms with Gasteiger partial charge in [0.05, 0.1) is 13.2 Å². The van der Waals surface area contributed by atoms with Crippen molar-refractivity contribution in [3.63, 3.8) is 0 Å². The van der Waals surface area contributed by atoms with E-state index in [2.05, 4.69) is 47.6 Å². The first-order valence-electron chi connectivity index (χ1n) is 8.86. The van der Waals surface area contributed by atoms with Gasteiger partial charge in [-0.3, -0.25) is 0 Å². The molecule has 27 heavy (non-hydrogen) atoms. The van der Waals surface area contributed by atoms with Gasteiger partial charge in [0.2, 0.25) is 5.95 Å². The van der Waals surface area contributed by atoms with Gasteiger partial charge in [0, 0.05) is 36.9 Å². The van der Waals surface area contributed by atoms with Gasteiger partial charge in [-0.2, -0.15) is 4.98 Å². The highest BCUT2D eigenvalue weighted by molar-refractivity contribution is 5.61. The van der Waals surface area contributed by atoms with Gasteiger partial charge in [0.15, 0.2) is 0 Å². The van der Waals surface area contributed by atoms with Gasteiger partial charge < -0.3 is 20.3 Å². The van der Waals surface area contributed by atoms with E-state index in [1.165, 1.54) is 5.69 Å². The number of nitrogens with one attached hydrogen (secondary N) is 2. The van der Waals surface area contributed by atoms with Crippen molar-refractivity contribution in [1.82, 2.24) is 19.9 Å². The van der Waals surface area contributed by atoms with Crippen molar-refractivity contribution in [1.29, 1.82) is 0 Å². The van der Waals surface area contributed by atoms with Crippen LogP contribution in [0.1, 0.15) is 5.82 Å². The molecule has 0 saturated carbocycles. The Morgan fingerprint density at radius 1 is 0.852 bits per heavy atom. The van der Waals surface area contributed by atoms with Gasteiger partial charge in [0.1, 0.15) is 17.5 Å². The standard InChI is InChI=1S/C19H21N7O/c1-14-20-8-6-17(22-14)24-18-7-9-21-19(25-18)23-15-2-4-16(5-3-15)26-10-12-27-13-11-26/h2-9H,10-13H2,1H3,(H2,20,21,22,23,24,25). The number of nitrogens with zero attached hydrogens (tertiary/aromatic N) is 5. The van der Waals surface area contributed by atoms with Crippen molar-refractivity contribution in [2.24, 2.45) is 0 Å². The van der Waals surface area contributed by atoms with Crippen LogP contribution >= 0.6 is 0 Å². The number of aromatic nitrogens is 4. The zero-order valence-electron chi connectivity index (χ0n) is 15.1. The topological polar surface area (TPSA) is 88.1 Å². The third kappa shape index (κ3) is 4.48. The quantitative estimate of drug-likeness (QED) is 0.715. The molecule has 1 aromatic carbocycles. The highest BCUT2D eigenvalue weighted by atomic mass is 16.5. The molecule has 1 aliphatic rings. The van der Waals surface area contributed by atoms with Crippen LogP contribution in [0, 0.1) is 6.92 Å². The summed E-state index contributed by atoms with van der Waals surface area (Å²) >= 11 is 0. The van der Waals surface area contributed by atoms with Gasteiger partial charge >= 0.3 is 0 Å². The fraction of sp³-hybridized carbons (Fsp3) is 0.263. The number of aryl methyl sites for hydroxylation is 1. The Bertz CT molecular complexity index is 895. The minimum atomic E-state index is 0.518. The van der Waals surface area contributed by atoms with Crippen molar-refractivity contribution < 1.29 is 4.74 Å². The Morgan fingerprint density at radius 3 is 2.30 bits per heavy atom. The Kier molecular flexibility index (Phi) is 5.06. The summed E-state index contributed by atoms with van der Waals surface area (Å²) in [6, 6.07) is 11.8. The lowest BCUT2D eigenvalue weighted by atomic mass is 10.2. The lowest BCUT2D eigenvalue weighted by Gasteiger charge is -2.28. The fourth-order valence-corrected chi connectivity index (χ4v) is 2.85. The van der Waals surface area contributed by atoms with Crippen LogP contribution in [0.2, 0.25) is 0 Å². The molecule has 0 aliphatic carbocycles. The molecule has 0 bridgehead atoms. The molecule has 1 aliphatic heterocycles. The van der Waals surface area contributed by atoms with Crippen molar-refractivity contribution in [3.8, 4) is 0 Å². The Balaban J connectivity index is 1.43. The summed E-state index contributed by atoms with van der Waals surface area (Å²) in [5.41, 5.74) is 2.13. The van der Waals surface area contributed by atoms with Gasteiger partial charge in [0.25, 0.3) is 0 Å². The molecule has 2 aromatic heterocycles. The Hall–Kier alpha value is -3.26. The van der Waals surface area contributed by atoms with Crippen molar-refractivity contribution >= 4 is 29.0 Å². The second-order valence-electron chi connectivity index (χ2n) is 6.15. The first-order valence-corrected chi connectivity index (χ1v) is 8.86. The highest BCUT2D eigenvalue weighted by Crippen LogP contribution is 2.21. The molecule has 0 unspecified atom stereocenters. The van der Waals surface area contributed by atoms with Crippen LogP contribution in [0.5, 0.6) is 0 Å². The SMILES string of the molecule is Cc1nccc(Nc2ccnc(Nc3ccc(N4CCOCC4)cc3)n2)n1. The summed E-state index contributed by atoms with van der Waals surface area (Å²) in [5, 5.41) is 6.40. The first kappa shape index (κ1) is 17.2. The maximum absolute atomic E-state index is 5.40. The number of rotatable bonds is 5. The number of hydrogen-bond acceptors (Lipinski definition) is 8. The summed E-state index contributed by atoms with van der Waals surface area (Å²) in [6.45, 7) is 5.25. The van der Waals surface area contributed by atoms with E-state index in [1.54, 1.807) is 24.5 Å².